The van der Waals surface area contributed by atoms with Crippen LogP contribution in [-0.2, 0) is 5.88 Å². The largest absolute Gasteiger partial charge is 0.305 e. The Morgan fingerprint density at radius 2 is 2.23 bits per heavy atom. The molecule has 0 amide bonds. The maximum absolute atomic E-state index is 13.0. The van der Waals surface area contributed by atoms with E-state index < -0.39 is 16.4 Å². The van der Waals surface area contributed by atoms with Crippen LogP contribution in [-0.4, -0.2) is 4.92 Å². The Kier molecular flexibility index (Phi) is 2.83. The molecule has 0 N–H and O–H groups in total. The Hall–Kier alpha value is -1.16. The molecule has 0 aromatic heterocycles. The van der Waals surface area contributed by atoms with Crippen LogP contribution in [0.15, 0.2) is 12.1 Å². The first-order valence-corrected chi connectivity index (χ1v) is 4.09. The predicted octanol–water partition coefficient (Wildman–Crippen LogP) is 2.78. The Bertz CT molecular complexity index is 354. The lowest BCUT2D eigenvalue weighted by Crippen LogP contribution is -1.96. The number of benzene rings is 1. The number of nitro benzene ring substituents is 1. The maximum Gasteiger partial charge on any atom is 0.305 e. The Morgan fingerprint density at radius 1 is 1.62 bits per heavy atom. The van der Waals surface area contributed by atoms with Crippen LogP contribution in [0.1, 0.15) is 11.1 Å². The van der Waals surface area contributed by atoms with Gasteiger partial charge in [0.2, 0.25) is 5.82 Å². The van der Waals surface area contributed by atoms with Crippen molar-refractivity contribution < 1.29 is 9.31 Å². The van der Waals surface area contributed by atoms with Crippen LogP contribution >= 0.6 is 11.6 Å². The van der Waals surface area contributed by atoms with Gasteiger partial charge in [0.1, 0.15) is 0 Å². The van der Waals surface area contributed by atoms with E-state index in [0.717, 1.165) is 6.07 Å². The van der Waals surface area contributed by atoms with Gasteiger partial charge in [0.05, 0.1) is 4.92 Å². The minimum atomic E-state index is -0.841. The van der Waals surface area contributed by atoms with E-state index in [9.17, 15) is 14.5 Å². The molecule has 0 bridgehead atoms. The molecule has 0 unspecified atom stereocenters. The number of hydrogen-bond donors (Lipinski definition) is 0. The normalized spacial score (nSPS) is 10.1. The molecule has 0 saturated heterocycles. The van der Waals surface area contributed by atoms with Crippen LogP contribution < -0.4 is 0 Å². The molecule has 70 valence electrons. The zero-order valence-corrected chi connectivity index (χ0v) is 7.64. The van der Waals surface area contributed by atoms with Crippen LogP contribution in [0.5, 0.6) is 0 Å². The van der Waals surface area contributed by atoms with Gasteiger partial charge in [-0.25, -0.2) is 0 Å². The molecule has 3 nitrogen and oxygen atoms in total. The van der Waals surface area contributed by atoms with Gasteiger partial charge in [-0.2, -0.15) is 4.39 Å². The molecule has 0 fully saturated rings. The molecule has 1 aromatic carbocycles. The molecule has 0 heterocycles. The third-order valence-electron chi connectivity index (χ3n) is 1.75. The fourth-order valence-electron chi connectivity index (χ4n) is 0.991. The van der Waals surface area contributed by atoms with Gasteiger partial charge < -0.3 is 0 Å². The topological polar surface area (TPSA) is 43.1 Å². The van der Waals surface area contributed by atoms with Crippen molar-refractivity contribution in [3.05, 3.63) is 39.2 Å². The number of nitrogens with zero attached hydrogens (tertiary/aromatic N) is 1. The standard InChI is InChI=1S/C8H7ClFNO2/c1-5-2-8(11(12)13)7(10)3-6(5)4-9/h2-3H,4H2,1H3. The quantitative estimate of drug-likeness (QED) is 0.421. The van der Waals surface area contributed by atoms with Gasteiger partial charge in [-0.15, -0.1) is 11.6 Å². The second-order valence-corrected chi connectivity index (χ2v) is 2.89. The van der Waals surface area contributed by atoms with E-state index in [-0.39, 0.29) is 5.88 Å². The van der Waals surface area contributed by atoms with Gasteiger partial charge >= 0.3 is 5.69 Å². The van der Waals surface area contributed by atoms with Crippen LogP contribution in [0, 0.1) is 22.9 Å². The second kappa shape index (κ2) is 3.70. The first kappa shape index (κ1) is 9.92. The van der Waals surface area contributed by atoms with Crippen LogP contribution in [0.3, 0.4) is 0 Å². The highest BCUT2D eigenvalue weighted by molar-refractivity contribution is 6.17. The summed E-state index contributed by atoms with van der Waals surface area (Å²) in [6, 6.07) is 2.29. The Labute approximate surface area is 79.3 Å². The first-order chi connectivity index (χ1) is 6.06. The SMILES string of the molecule is Cc1cc([N+](=O)[O-])c(F)cc1CCl. The van der Waals surface area contributed by atoms with Crippen LogP contribution in [0.25, 0.3) is 0 Å². The number of alkyl halides is 1. The van der Waals surface area contributed by atoms with Gasteiger partial charge in [-0.05, 0) is 24.1 Å². The molecule has 5 heteroatoms. The lowest BCUT2D eigenvalue weighted by atomic mass is 10.1. The summed E-state index contributed by atoms with van der Waals surface area (Å²) in [4.78, 5) is 9.56. The average Bonchev–Trinajstić information content (AvgIpc) is 2.07. The third-order valence-corrected chi connectivity index (χ3v) is 2.03. The van der Waals surface area contributed by atoms with Gasteiger partial charge in [-0.1, -0.05) is 0 Å². The van der Waals surface area contributed by atoms with Gasteiger partial charge in [-0.3, -0.25) is 10.1 Å². The molecule has 0 aliphatic rings. The zero-order valence-electron chi connectivity index (χ0n) is 6.88. The Morgan fingerprint density at radius 3 is 2.69 bits per heavy atom. The van der Waals surface area contributed by atoms with Crippen LogP contribution in [0.4, 0.5) is 10.1 Å². The van der Waals surface area contributed by atoms with Gasteiger partial charge in [0, 0.05) is 11.9 Å². The molecule has 0 aliphatic heterocycles. The molecule has 1 aromatic rings. The first-order valence-electron chi connectivity index (χ1n) is 3.55. The van der Waals surface area contributed by atoms with E-state index in [1.54, 1.807) is 6.92 Å². The number of aryl methyl sites for hydroxylation is 1. The van der Waals surface area contributed by atoms with Crippen molar-refractivity contribution in [1.29, 1.82) is 0 Å². The van der Waals surface area contributed by atoms with Crippen molar-refractivity contribution in [3.63, 3.8) is 0 Å². The summed E-state index contributed by atoms with van der Waals surface area (Å²) in [6.45, 7) is 1.66. The summed E-state index contributed by atoms with van der Waals surface area (Å²) in [5, 5.41) is 10.3. The lowest BCUT2D eigenvalue weighted by molar-refractivity contribution is -0.387. The second-order valence-electron chi connectivity index (χ2n) is 2.62. The fourth-order valence-corrected chi connectivity index (χ4v) is 1.28. The Balaban J connectivity index is 3.28. The molecular weight excluding hydrogens is 197 g/mol. The van der Waals surface area contributed by atoms with Crippen molar-refractivity contribution in [2.45, 2.75) is 12.8 Å². The minimum absolute atomic E-state index is 0.154. The summed E-state index contributed by atoms with van der Waals surface area (Å²) in [7, 11) is 0. The fraction of sp³-hybridized carbons (Fsp3) is 0.250. The van der Waals surface area contributed by atoms with E-state index in [0.29, 0.717) is 11.1 Å². The smallest absolute Gasteiger partial charge is 0.258 e. The average molecular weight is 204 g/mol. The molecule has 0 atom stereocenters. The number of hydrogen-bond acceptors (Lipinski definition) is 2. The molecule has 1 rings (SSSR count). The van der Waals surface area contributed by atoms with Crippen molar-refractivity contribution in [2.24, 2.45) is 0 Å². The van der Waals surface area contributed by atoms with Crippen LogP contribution in [0.2, 0.25) is 0 Å². The van der Waals surface area contributed by atoms with Crippen molar-refractivity contribution in [1.82, 2.24) is 0 Å². The minimum Gasteiger partial charge on any atom is -0.258 e. The number of rotatable bonds is 2. The predicted molar refractivity (Wildman–Crippen MR) is 47.3 cm³/mol. The van der Waals surface area contributed by atoms with Gasteiger partial charge in [0.15, 0.2) is 0 Å². The van der Waals surface area contributed by atoms with Crippen molar-refractivity contribution in [2.75, 3.05) is 0 Å². The van der Waals surface area contributed by atoms with E-state index >= 15 is 0 Å². The van der Waals surface area contributed by atoms with Crippen molar-refractivity contribution in [3.8, 4) is 0 Å². The van der Waals surface area contributed by atoms with E-state index in [2.05, 4.69) is 0 Å². The monoisotopic (exact) mass is 203 g/mol. The zero-order chi connectivity index (χ0) is 10.0. The van der Waals surface area contributed by atoms with Gasteiger partial charge in [0.25, 0.3) is 0 Å². The molecule has 13 heavy (non-hydrogen) atoms. The van der Waals surface area contributed by atoms with E-state index in [1.807, 2.05) is 0 Å². The highest BCUT2D eigenvalue weighted by atomic mass is 35.5. The summed E-state index contributed by atoms with van der Waals surface area (Å²) in [5.41, 5.74) is 0.694. The maximum atomic E-state index is 13.0. The van der Waals surface area contributed by atoms with Crippen molar-refractivity contribution >= 4 is 17.3 Å². The molecule has 0 radical (unpaired) electrons. The molecular formula is C8H7ClFNO2. The lowest BCUT2D eigenvalue weighted by Gasteiger charge is -2.01. The number of halogens is 2. The highest BCUT2D eigenvalue weighted by Crippen LogP contribution is 2.22. The molecule has 0 saturated carbocycles. The highest BCUT2D eigenvalue weighted by Gasteiger charge is 2.15. The molecule has 0 aliphatic carbocycles. The summed E-state index contributed by atoms with van der Waals surface area (Å²) >= 11 is 5.50. The summed E-state index contributed by atoms with van der Waals surface area (Å²) < 4.78 is 13.0. The summed E-state index contributed by atoms with van der Waals surface area (Å²) in [6.07, 6.45) is 0. The number of nitro groups is 1. The molecule has 0 spiro atoms. The summed E-state index contributed by atoms with van der Waals surface area (Å²) in [5.74, 6) is -0.688. The van der Waals surface area contributed by atoms with E-state index in [4.69, 9.17) is 11.6 Å². The van der Waals surface area contributed by atoms with E-state index in [1.165, 1.54) is 6.07 Å². The third kappa shape index (κ3) is 1.95.